The van der Waals surface area contributed by atoms with Crippen LogP contribution in [0.3, 0.4) is 0 Å². The standard InChI is InChI=1S/C18H30N2/c1-18(2,3)13-14-8-9-15-6-4-7-17(16(15)12-14)20-11-5-10-19/h8-9,12,17,20H,4-7,10-11,13,19H2,1-3H3. The van der Waals surface area contributed by atoms with Gasteiger partial charge in [0.2, 0.25) is 0 Å². The lowest BCUT2D eigenvalue weighted by atomic mass is 9.83. The molecule has 1 aliphatic carbocycles. The number of hydrogen-bond donors (Lipinski definition) is 2. The molecule has 0 aliphatic heterocycles. The van der Waals surface area contributed by atoms with E-state index in [1.54, 1.807) is 5.56 Å². The molecule has 1 aromatic carbocycles. The molecule has 1 unspecified atom stereocenters. The molecule has 20 heavy (non-hydrogen) atoms. The van der Waals surface area contributed by atoms with E-state index in [0.717, 1.165) is 25.9 Å². The highest BCUT2D eigenvalue weighted by atomic mass is 14.9. The maximum absolute atomic E-state index is 5.59. The van der Waals surface area contributed by atoms with Crippen LogP contribution in [0.2, 0.25) is 0 Å². The average Bonchev–Trinajstić information content (AvgIpc) is 2.37. The van der Waals surface area contributed by atoms with E-state index in [2.05, 4.69) is 44.3 Å². The molecule has 0 saturated heterocycles. The second-order valence-corrected chi connectivity index (χ2v) is 7.31. The van der Waals surface area contributed by atoms with Crippen LogP contribution >= 0.6 is 0 Å². The van der Waals surface area contributed by atoms with Gasteiger partial charge in [-0.3, -0.25) is 0 Å². The van der Waals surface area contributed by atoms with Crippen molar-refractivity contribution in [2.24, 2.45) is 11.1 Å². The molecular formula is C18H30N2. The fraction of sp³-hybridized carbons (Fsp3) is 0.667. The summed E-state index contributed by atoms with van der Waals surface area (Å²) >= 11 is 0. The fourth-order valence-electron chi connectivity index (χ4n) is 3.16. The molecule has 2 heteroatoms. The zero-order valence-corrected chi connectivity index (χ0v) is 13.3. The molecule has 1 aromatic rings. The van der Waals surface area contributed by atoms with Crippen molar-refractivity contribution in [2.45, 2.75) is 58.9 Å². The number of rotatable bonds is 5. The normalized spacial score (nSPS) is 18.9. The lowest BCUT2D eigenvalue weighted by molar-refractivity contribution is 0.409. The number of nitrogens with one attached hydrogen (secondary N) is 1. The summed E-state index contributed by atoms with van der Waals surface area (Å²) in [5, 5.41) is 3.69. The molecule has 0 fully saturated rings. The molecule has 112 valence electrons. The van der Waals surface area contributed by atoms with Crippen molar-refractivity contribution in [3.8, 4) is 0 Å². The van der Waals surface area contributed by atoms with Crippen molar-refractivity contribution >= 4 is 0 Å². The molecule has 2 rings (SSSR count). The van der Waals surface area contributed by atoms with Crippen molar-refractivity contribution in [1.29, 1.82) is 0 Å². The first kappa shape index (κ1) is 15.5. The van der Waals surface area contributed by atoms with Gasteiger partial charge in [0.25, 0.3) is 0 Å². The zero-order valence-electron chi connectivity index (χ0n) is 13.3. The number of benzene rings is 1. The topological polar surface area (TPSA) is 38.0 Å². The summed E-state index contributed by atoms with van der Waals surface area (Å²) in [6.45, 7) is 8.73. The Hall–Kier alpha value is -0.860. The van der Waals surface area contributed by atoms with E-state index in [4.69, 9.17) is 5.73 Å². The molecule has 0 radical (unpaired) electrons. The smallest absolute Gasteiger partial charge is 0.0323 e. The quantitative estimate of drug-likeness (QED) is 0.805. The summed E-state index contributed by atoms with van der Waals surface area (Å²) in [6, 6.07) is 7.66. The third-order valence-electron chi connectivity index (χ3n) is 4.03. The van der Waals surface area contributed by atoms with Crippen LogP contribution in [-0.4, -0.2) is 13.1 Å². The number of hydrogen-bond acceptors (Lipinski definition) is 2. The zero-order chi connectivity index (χ0) is 14.6. The Kier molecular flexibility index (Phi) is 5.22. The third-order valence-corrected chi connectivity index (χ3v) is 4.03. The Balaban J connectivity index is 2.13. The first-order valence-electron chi connectivity index (χ1n) is 8.05. The average molecular weight is 274 g/mol. The van der Waals surface area contributed by atoms with E-state index in [9.17, 15) is 0 Å². The minimum Gasteiger partial charge on any atom is -0.330 e. The van der Waals surface area contributed by atoms with E-state index >= 15 is 0 Å². The predicted octanol–water partition coefficient (Wildman–Crippen LogP) is 3.59. The van der Waals surface area contributed by atoms with Crippen LogP contribution in [0.4, 0.5) is 0 Å². The first-order chi connectivity index (χ1) is 9.49. The Bertz CT molecular complexity index is 432. The Morgan fingerprint density at radius 3 is 2.80 bits per heavy atom. The van der Waals surface area contributed by atoms with E-state index < -0.39 is 0 Å². The summed E-state index contributed by atoms with van der Waals surface area (Å²) in [6.07, 6.45) is 6.01. The van der Waals surface area contributed by atoms with Crippen molar-refractivity contribution in [1.82, 2.24) is 5.32 Å². The van der Waals surface area contributed by atoms with Gasteiger partial charge < -0.3 is 11.1 Å². The summed E-state index contributed by atoms with van der Waals surface area (Å²) in [5.74, 6) is 0. The van der Waals surface area contributed by atoms with Gasteiger partial charge in [-0.15, -0.1) is 0 Å². The van der Waals surface area contributed by atoms with Gasteiger partial charge in [-0.1, -0.05) is 39.0 Å². The maximum Gasteiger partial charge on any atom is 0.0323 e. The van der Waals surface area contributed by atoms with E-state index in [1.807, 2.05) is 0 Å². The molecule has 0 aromatic heterocycles. The molecule has 0 bridgehead atoms. The second kappa shape index (κ2) is 6.73. The van der Waals surface area contributed by atoms with Crippen LogP contribution in [0.15, 0.2) is 18.2 Å². The molecule has 0 heterocycles. The van der Waals surface area contributed by atoms with E-state index in [0.29, 0.717) is 11.5 Å². The number of fused-ring (bicyclic) bond motifs is 1. The third kappa shape index (κ3) is 4.32. The molecule has 2 nitrogen and oxygen atoms in total. The molecule has 0 saturated carbocycles. The van der Waals surface area contributed by atoms with Crippen LogP contribution in [0.1, 0.15) is 62.8 Å². The predicted molar refractivity (Wildman–Crippen MR) is 87.0 cm³/mol. The Morgan fingerprint density at radius 2 is 2.10 bits per heavy atom. The van der Waals surface area contributed by atoms with E-state index in [1.165, 1.54) is 30.4 Å². The first-order valence-corrected chi connectivity index (χ1v) is 8.05. The molecule has 3 N–H and O–H groups in total. The van der Waals surface area contributed by atoms with Gasteiger partial charge in [-0.05, 0) is 67.3 Å². The minimum absolute atomic E-state index is 0.353. The maximum atomic E-state index is 5.59. The summed E-state index contributed by atoms with van der Waals surface area (Å²) in [5.41, 5.74) is 10.5. The van der Waals surface area contributed by atoms with Gasteiger partial charge in [-0.2, -0.15) is 0 Å². The highest BCUT2D eigenvalue weighted by molar-refractivity contribution is 5.36. The summed E-state index contributed by atoms with van der Waals surface area (Å²) in [7, 11) is 0. The highest BCUT2D eigenvalue weighted by Gasteiger charge is 2.21. The minimum atomic E-state index is 0.353. The van der Waals surface area contributed by atoms with Crippen LogP contribution in [0.5, 0.6) is 0 Å². The van der Waals surface area contributed by atoms with Gasteiger partial charge in [0.05, 0.1) is 0 Å². The largest absolute Gasteiger partial charge is 0.330 e. The van der Waals surface area contributed by atoms with E-state index in [-0.39, 0.29) is 0 Å². The Labute approximate surface area is 124 Å². The van der Waals surface area contributed by atoms with Gasteiger partial charge in [-0.25, -0.2) is 0 Å². The SMILES string of the molecule is CC(C)(C)Cc1ccc2c(c1)C(NCCCN)CCC2. The molecule has 0 spiro atoms. The van der Waals surface area contributed by atoms with Gasteiger partial charge >= 0.3 is 0 Å². The summed E-state index contributed by atoms with van der Waals surface area (Å²) in [4.78, 5) is 0. The lowest BCUT2D eigenvalue weighted by Gasteiger charge is -2.28. The lowest BCUT2D eigenvalue weighted by Crippen LogP contribution is -2.27. The second-order valence-electron chi connectivity index (χ2n) is 7.31. The van der Waals surface area contributed by atoms with Gasteiger partial charge in [0.15, 0.2) is 0 Å². The van der Waals surface area contributed by atoms with Crippen molar-refractivity contribution in [3.63, 3.8) is 0 Å². The van der Waals surface area contributed by atoms with Gasteiger partial charge in [0, 0.05) is 6.04 Å². The monoisotopic (exact) mass is 274 g/mol. The fourth-order valence-corrected chi connectivity index (χ4v) is 3.16. The van der Waals surface area contributed by atoms with Crippen LogP contribution in [0, 0.1) is 5.41 Å². The van der Waals surface area contributed by atoms with Crippen LogP contribution in [-0.2, 0) is 12.8 Å². The number of nitrogens with two attached hydrogens (primary N) is 1. The van der Waals surface area contributed by atoms with Crippen LogP contribution in [0.25, 0.3) is 0 Å². The molecule has 0 amide bonds. The van der Waals surface area contributed by atoms with Crippen LogP contribution < -0.4 is 11.1 Å². The van der Waals surface area contributed by atoms with Crippen molar-refractivity contribution < 1.29 is 0 Å². The summed E-state index contributed by atoms with van der Waals surface area (Å²) < 4.78 is 0. The van der Waals surface area contributed by atoms with Crippen molar-refractivity contribution in [2.75, 3.05) is 13.1 Å². The molecule has 1 atom stereocenters. The molecule has 1 aliphatic rings. The van der Waals surface area contributed by atoms with Crippen molar-refractivity contribution in [3.05, 3.63) is 34.9 Å². The molecular weight excluding hydrogens is 244 g/mol. The number of aryl methyl sites for hydroxylation is 1. The Morgan fingerprint density at radius 1 is 1.30 bits per heavy atom. The highest BCUT2D eigenvalue weighted by Crippen LogP contribution is 2.32. The van der Waals surface area contributed by atoms with Gasteiger partial charge in [0.1, 0.15) is 0 Å².